The quantitative estimate of drug-likeness (QED) is 0.463. The topological polar surface area (TPSA) is 88.1 Å². The minimum Gasteiger partial charge on any atom is -0.465 e. The summed E-state index contributed by atoms with van der Waals surface area (Å²) in [5.74, 6) is -0.439. The van der Waals surface area contributed by atoms with E-state index in [0.29, 0.717) is 16.3 Å². The first kappa shape index (κ1) is 19.3. The summed E-state index contributed by atoms with van der Waals surface area (Å²) < 4.78 is 9.57. The second kappa shape index (κ2) is 8.87. The number of hydroxylamine groups is 2. The molecule has 7 heteroatoms. The van der Waals surface area contributed by atoms with E-state index in [0.717, 1.165) is 16.8 Å². The fraction of sp³-hybridized carbons (Fsp3) is 0.263. The molecular weight excluding hydrogens is 336 g/mol. The van der Waals surface area contributed by atoms with E-state index < -0.39 is 12.1 Å². The van der Waals surface area contributed by atoms with Crippen LogP contribution in [0.5, 0.6) is 0 Å². The first-order valence-electron chi connectivity index (χ1n) is 8.14. The third-order valence-corrected chi connectivity index (χ3v) is 3.85. The number of methoxy groups -OCH3 is 1. The molecule has 26 heavy (non-hydrogen) atoms. The van der Waals surface area contributed by atoms with E-state index in [-0.39, 0.29) is 13.2 Å². The molecule has 0 spiro atoms. The maximum absolute atomic E-state index is 11.9. The van der Waals surface area contributed by atoms with Gasteiger partial charge < -0.3 is 14.8 Å². The number of benzene rings is 2. The van der Waals surface area contributed by atoms with Crippen molar-refractivity contribution >= 4 is 23.4 Å². The Kier molecular flexibility index (Phi) is 6.57. The fourth-order valence-electron chi connectivity index (χ4n) is 2.44. The molecule has 0 radical (unpaired) electrons. The standard InChI is InChI=1S/C19H22N2O5/c1-4-26-19(23)21(24)12-14-8-7-11-16(13(14)2)20-17-10-6-5-9-15(17)18(22)25-3/h5-11,20,24H,4,12H2,1-3H3. The molecule has 0 unspecified atom stereocenters. The Hall–Kier alpha value is -3.06. The Morgan fingerprint density at radius 2 is 1.81 bits per heavy atom. The van der Waals surface area contributed by atoms with Gasteiger partial charge in [-0.2, -0.15) is 5.06 Å². The van der Waals surface area contributed by atoms with E-state index >= 15 is 0 Å². The Bertz CT molecular complexity index is 791. The lowest BCUT2D eigenvalue weighted by Gasteiger charge is -2.18. The van der Waals surface area contributed by atoms with Gasteiger partial charge in [0.2, 0.25) is 0 Å². The van der Waals surface area contributed by atoms with Gasteiger partial charge in [0.05, 0.1) is 31.5 Å². The summed E-state index contributed by atoms with van der Waals surface area (Å²) in [6.07, 6.45) is -0.804. The molecule has 2 rings (SSSR count). The van der Waals surface area contributed by atoms with Crippen LogP contribution >= 0.6 is 0 Å². The Morgan fingerprint density at radius 3 is 2.50 bits per heavy atom. The van der Waals surface area contributed by atoms with Gasteiger partial charge in [-0.3, -0.25) is 5.21 Å². The van der Waals surface area contributed by atoms with Crippen LogP contribution in [0.3, 0.4) is 0 Å². The van der Waals surface area contributed by atoms with Crippen molar-refractivity contribution in [3.8, 4) is 0 Å². The average molecular weight is 358 g/mol. The summed E-state index contributed by atoms with van der Waals surface area (Å²) in [6.45, 7) is 3.69. The number of amides is 1. The normalized spacial score (nSPS) is 10.2. The van der Waals surface area contributed by atoms with Crippen LogP contribution in [0.1, 0.15) is 28.4 Å². The van der Waals surface area contributed by atoms with E-state index in [1.807, 2.05) is 19.1 Å². The number of nitrogens with zero attached hydrogens (tertiary/aromatic N) is 1. The molecule has 7 nitrogen and oxygen atoms in total. The highest BCUT2D eigenvalue weighted by Crippen LogP contribution is 2.26. The van der Waals surface area contributed by atoms with Gasteiger partial charge in [-0.1, -0.05) is 24.3 Å². The van der Waals surface area contributed by atoms with Crippen LogP contribution in [0, 0.1) is 6.92 Å². The van der Waals surface area contributed by atoms with Gasteiger partial charge in [0.15, 0.2) is 0 Å². The predicted octanol–water partition coefficient (Wildman–Crippen LogP) is 3.87. The average Bonchev–Trinajstić information content (AvgIpc) is 2.65. The lowest BCUT2D eigenvalue weighted by atomic mass is 10.1. The summed E-state index contributed by atoms with van der Waals surface area (Å²) >= 11 is 0. The van der Waals surface area contributed by atoms with Crippen LogP contribution in [0.2, 0.25) is 0 Å². The smallest absolute Gasteiger partial charge is 0.434 e. The lowest BCUT2D eigenvalue weighted by molar-refractivity contribution is -0.0801. The fourth-order valence-corrected chi connectivity index (χ4v) is 2.44. The van der Waals surface area contributed by atoms with E-state index in [9.17, 15) is 14.8 Å². The van der Waals surface area contributed by atoms with Crippen molar-refractivity contribution in [2.45, 2.75) is 20.4 Å². The monoisotopic (exact) mass is 358 g/mol. The summed E-state index contributed by atoms with van der Waals surface area (Å²) in [7, 11) is 1.33. The molecule has 0 bridgehead atoms. The number of carbonyl (C=O) groups excluding carboxylic acids is 2. The van der Waals surface area contributed by atoms with Gasteiger partial charge in [-0.25, -0.2) is 9.59 Å². The van der Waals surface area contributed by atoms with Crippen LogP contribution < -0.4 is 5.32 Å². The molecule has 2 aromatic rings. The van der Waals surface area contributed by atoms with Crippen LogP contribution in [-0.4, -0.2) is 36.0 Å². The molecule has 2 aromatic carbocycles. The van der Waals surface area contributed by atoms with Gasteiger partial charge in [0.25, 0.3) is 0 Å². The molecule has 1 amide bonds. The maximum Gasteiger partial charge on any atom is 0.434 e. The molecule has 0 saturated carbocycles. The summed E-state index contributed by atoms with van der Waals surface area (Å²) in [5, 5.41) is 13.6. The van der Waals surface area contributed by atoms with Crippen molar-refractivity contribution in [2.24, 2.45) is 0 Å². The van der Waals surface area contributed by atoms with Crippen molar-refractivity contribution < 1.29 is 24.3 Å². The predicted molar refractivity (Wildman–Crippen MR) is 96.6 cm³/mol. The number of hydrogen-bond acceptors (Lipinski definition) is 6. The minimum absolute atomic E-state index is 0.0150. The molecule has 0 saturated heterocycles. The molecule has 0 aliphatic carbocycles. The van der Waals surface area contributed by atoms with Gasteiger partial charge >= 0.3 is 12.1 Å². The van der Waals surface area contributed by atoms with Crippen molar-refractivity contribution in [3.63, 3.8) is 0 Å². The molecule has 138 valence electrons. The Labute approximate surface area is 152 Å². The molecule has 0 aliphatic rings. The first-order chi connectivity index (χ1) is 12.5. The van der Waals surface area contributed by atoms with Gasteiger partial charge in [-0.05, 0) is 43.2 Å². The lowest BCUT2D eigenvalue weighted by Crippen LogP contribution is -2.28. The number of para-hydroxylation sites is 1. The van der Waals surface area contributed by atoms with Crippen LogP contribution in [-0.2, 0) is 16.0 Å². The largest absolute Gasteiger partial charge is 0.465 e. The maximum atomic E-state index is 11.9. The van der Waals surface area contributed by atoms with Crippen LogP contribution in [0.4, 0.5) is 16.2 Å². The number of rotatable bonds is 6. The second-order valence-corrected chi connectivity index (χ2v) is 5.51. The van der Waals surface area contributed by atoms with E-state index in [1.54, 1.807) is 37.3 Å². The van der Waals surface area contributed by atoms with Gasteiger partial charge in [0, 0.05) is 5.69 Å². The number of nitrogens with one attached hydrogen (secondary N) is 1. The molecule has 2 N–H and O–H groups in total. The Morgan fingerprint density at radius 1 is 1.12 bits per heavy atom. The molecule has 0 atom stereocenters. The zero-order valence-electron chi connectivity index (χ0n) is 15.0. The van der Waals surface area contributed by atoms with E-state index in [2.05, 4.69) is 5.32 Å². The summed E-state index contributed by atoms with van der Waals surface area (Å²) in [4.78, 5) is 23.5. The number of anilines is 2. The zero-order chi connectivity index (χ0) is 19.1. The minimum atomic E-state index is -0.804. The van der Waals surface area contributed by atoms with E-state index in [4.69, 9.17) is 9.47 Å². The molecule has 0 aliphatic heterocycles. The van der Waals surface area contributed by atoms with Gasteiger partial charge in [-0.15, -0.1) is 0 Å². The highest BCUT2D eigenvalue weighted by Gasteiger charge is 2.16. The number of esters is 1. The molecule has 0 fully saturated rings. The molecule has 0 aromatic heterocycles. The molecular formula is C19H22N2O5. The SMILES string of the molecule is CCOC(=O)N(O)Cc1cccc(Nc2ccccc2C(=O)OC)c1C. The van der Waals surface area contributed by atoms with Gasteiger partial charge in [0.1, 0.15) is 0 Å². The number of ether oxygens (including phenoxy) is 2. The van der Waals surface area contributed by atoms with E-state index in [1.165, 1.54) is 7.11 Å². The van der Waals surface area contributed by atoms with Crippen molar-refractivity contribution in [1.29, 1.82) is 0 Å². The van der Waals surface area contributed by atoms with Crippen molar-refractivity contribution in [1.82, 2.24) is 5.06 Å². The second-order valence-electron chi connectivity index (χ2n) is 5.51. The zero-order valence-corrected chi connectivity index (χ0v) is 15.0. The van der Waals surface area contributed by atoms with Crippen molar-refractivity contribution in [3.05, 3.63) is 59.2 Å². The summed E-state index contributed by atoms with van der Waals surface area (Å²) in [5.41, 5.74) is 3.33. The van der Waals surface area contributed by atoms with Crippen LogP contribution in [0.15, 0.2) is 42.5 Å². The number of carbonyl (C=O) groups is 2. The highest BCUT2D eigenvalue weighted by molar-refractivity contribution is 5.96. The van der Waals surface area contributed by atoms with Crippen molar-refractivity contribution in [2.75, 3.05) is 19.0 Å². The third kappa shape index (κ3) is 4.52. The first-order valence-corrected chi connectivity index (χ1v) is 8.14. The summed E-state index contributed by atoms with van der Waals surface area (Å²) in [6, 6.07) is 12.4. The number of hydrogen-bond donors (Lipinski definition) is 2. The third-order valence-electron chi connectivity index (χ3n) is 3.85. The Balaban J connectivity index is 2.25. The highest BCUT2D eigenvalue weighted by atomic mass is 16.6. The molecule has 0 heterocycles. The van der Waals surface area contributed by atoms with Crippen LogP contribution in [0.25, 0.3) is 0 Å².